The van der Waals surface area contributed by atoms with Crippen molar-refractivity contribution in [2.45, 2.75) is 0 Å². The van der Waals surface area contributed by atoms with Gasteiger partial charge in [-0.15, -0.1) is 0 Å². The summed E-state index contributed by atoms with van der Waals surface area (Å²) in [6.07, 6.45) is 5.68. The van der Waals surface area contributed by atoms with Crippen LogP contribution in [0.5, 0.6) is 0 Å². The highest BCUT2D eigenvalue weighted by Crippen LogP contribution is 2.07. The van der Waals surface area contributed by atoms with Crippen molar-refractivity contribution in [3.63, 3.8) is 0 Å². The molecule has 0 radical (unpaired) electrons. The predicted molar refractivity (Wildman–Crippen MR) is 50.6 cm³/mol. The highest BCUT2D eigenvalue weighted by Gasteiger charge is 1.97. The summed E-state index contributed by atoms with van der Waals surface area (Å²) in [5.41, 5.74) is 1.94. The number of carboxylic acids is 1. The van der Waals surface area contributed by atoms with Crippen molar-refractivity contribution in [1.82, 2.24) is 15.0 Å². The lowest BCUT2D eigenvalue weighted by Crippen LogP contribution is -1.88. The van der Waals surface area contributed by atoms with Gasteiger partial charge >= 0.3 is 5.97 Å². The van der Waals surface area contributed by atoms with Crippen molar-refractivity contribution < 1.29 is 9.90 Å². The Bertz CT molecular complexity index is 501. The molecule has 0 aliphatic heterocycles. The topological polar surface area (TPSA) is 78.9 Å². The number of H-pyrrole nitrogens is 1. The van der Waals surface area contributed by atoms with Crippen LogP contribution in [-0.2, 0) is 4.79 Å². The first-order valence-corrected chi connectivity index (χ1v) is 3.97. The van der Waals surface area contributed by atoms with E-state index >= 15 is 0 Å². The standard InChI is InChI=1S/C9H7N3O2/c13-8(14)2-1-6-5-11-9-7(12-6)3-4-10-9/h1-5H,(H,10,11)(H,13,14). The molecule has 5 heteroatoms. The molecule has 0 fully saturated rings. The third-order valence-electron chi connectivity index (χ3n) is 1.68. The first kappa shape index (κ1) is 8.43. The van der Waals surface area contributed by atoms with Gasteiger partial charge in [-0.1, -0.05) is 0 Å². The van der Waals surface area contributed by atoms with Gasteiger partial charge < -0.3 is 10.1 Å². The molecule has 0 aliphatic rings. The van der Waals surface area contributed by atoms with Crippen molar-refractivity contribution in [2.75, 3.05) is 0 Å². The van der Waals surface area contributed by atoms with Crippen LogP contribution in [-0.4, -0.2) is 26.0 Å². The summed E-state index contributed by atoms with van der Waals surface area (Å²) in [4.78, 5) is 21.4. The van der Waals surface area contributed by atoms with E-state index in [0.717, 1.165) is 11.6 Å². The van der Waals surface area contributed by atoms with Gasteiger partial charge in [0.15, 0.2) is 5.65 Å². The molecule has 0 amide bonds. The minimum atomic E-state index is -0.999. The molecule has 5 nitrogen and oxygen atoms in total. The zero-order chi connectivity index (χ0) is 9.97. The zero-order valence-corrected chi connectivity index (χ0v) is 7.14. The maximum Gasteiger partial charge on any atom is 0.328 e. The van der Waals surface area contributed by atoms with Gasteiger partial charge in [0.2, 0.25) is 0 Å². The molecule has 2 N–H and O–H groups in total. The van der Waals surface area contributed by atoms with Crippen molar-refractivity contribution in [3.05, 3.63) is 30.2 Å². The number of fused-ring (bicyclic) bond motifs is 1. The van der Waals surface area contributed by atoms with E-state index < -0.39 is 5.97 Å². The van der Waals surface area contributed by atoms with E-state index in [4.69, 9.17) is 5.11 Å². The van der Waals surface area contributed by atoms with Gasteiger partial charge in [0.05, 0.1) is 11.9 Å². The molecular weight excluding hydrogens is 182 g/mol. The Kier molecular flexibility index (Phi) is 1.98. The molecule has 2 heterocycles. The lowest BCUT2D eigenvalue weighted by molar-refractivity contribution is -0.131. The summed E-state index contributed by atoms with van der Waals surface area (Å²) in [5, 5.41) is 8.41. The summed E-state index contributed by atoms with van der Waals surface area (Å²) < 4.78 is 0. The minimum Gasteiger partial charge on any atom is -0.478 e. The average Bonchev–Trinajstić information content (AvgIpc) is 2.61. The Morgan fingerprint density at radius 3 is 3.21 bits per heavy atom. The van der Waals surface area contributed by atoms with E-state index in [1.165, 1.54) is 12.3 Å². The normalized spacial score (nSPS) is 11.1. The number of hydrogen-bond donors (Lipinski definition) is 2. The summed E-state index contributed by atoms with van der Waals surface area (Å²) in [6.45, 7) is 0. The quantitative estimate of drug-likeness (QED) is 0.692. The first-order chi connectivity index (χ1) is 6.75. The Balaban J connectivity index is 2.39. The fourth-order valence-corrected chi connectivity index (χ4v) is 1.08. The van der Waals surface area contributed by atoms with E-state index in [-0.39, 0.29) is 0 Å². The zero-order valence-electron chi connectivity index (χ0n) is 7.14. The van der Waals surface area contributed by atoms with Gasteiger partial charge in [-0.3, -0.25) is 0 Å². The number of rotatable bonds is 2. The van der Waals surface area contributed by atoms with Crippen LogP contribution in [0.3, 0.4) is 0 Å². The summed E-state index contributed by atoms with van der Waals surface area (Å²) >= 11 is 0. The van der Waals surface area contributed by atoms with Gasteiger partial charge in [-0.05, 0) is 12.1 Å². The molecule has 0 saturated heterocycles. The molecule has 2 aromatic heterocycles. The van der Waals surface area contributed by atoms with E-state index in [1.54, 1.807) is 12.3 Å². The number of nitrogens with zero attached hydrogens (tertiary/aromatic N) is 2. The number of aliphatic carboxylic acids is 1. The average molecular weight is 189 g/mol. The third-order valence-corrected chi connectivity index (χ3v) is 1.68. The Hall–Kier alpha value is -2.17. The summed E-state index contributed by atoms with van der Waals surface area (Å²) in [6, 6.07) is 1.78. The lowest BCUT2D eigenvalue weighted by Gasteiger charge is -1.91. The van der Waals surface area contributed by atoms with Gasteiger partial charge in [0, 0.05) is 12.3 Å². The number of carboxylic acid groups (broad SMARTS) is 1. The second-order valence-electron chi connectivity index (χ2n) is 2.68. The van der Waals surface area contributed by atoms with Crippen LogP contribution in [0.15, 0.2) is 24.5 Å². The maximum atomic E-state index is 10.2. The van der Waals surface area contributed by atoms with E-state index in [2.05, 4.69) is 15.0 Å². The van der Waals surface area contributed by atoms with Crippen LogP contribution in [0.25, 0.3) is 17.2 Å². The van der Waals surface area contributed by atoms with Crippen LogP contribution in [0.4, 0.5) is 0 Å². The third kappa shape index (κ3) is 1.61. The number of aromatic nitrogens is 3. The van der Waals surface area contributed by atoms with E-state index in [0.29, 0.717) is 11.3 Å². The van der Waals surface area contributed by atoms with Gasteiger partial charge in [-0.25, -0.2) is 14.8 Å². The van der Waals surface area contributed by atoms with Crippen molar-refractivity contribution >= 4 is 23.2 Å². The predicted octanol–water partition coefficient (Wildman–Crippen LogP) is 1.06. The van der Waals surface area contributed by atoms with Crippen molar-refractivity contribution in [3.8, 4) is 0 Å². The Morgan fingerprint density at radius 2 is 2.43 bits per heavy atom. The van der Waals surface area contributed by atoms with Crippen LogP contribution >= 0.6 is 0 Å². The summed E-state index contributed by atoms with van der Waals surface area (Å²) in [5.74, 6) is -0.999. The molecule has 2 aromatic rings. The Morgan fingerprint density at radius 1 is 1.57 bits per heavy atom. The highest BCUT2D eigenvalue weighted by molar-refractivity contribution is 5.85. The second kappa shape index (κ2) is 3.29. The number of hydrogen-bond acceptors (Lipinski definition) is 3. The molecule has 0 aliphatic carbocycles. The van der Waals surface area contributed by atoms with Crippen molar-refractivity contribution in [1.29, 1.82) is 0 Å². The largest absolute Gasteiger partial charge is 0.478 e. The molecule has 2 rings (SSSR count). The molecule has 0 saturated carbocycles. The fourth-order valence-electron chi connectivity index (χ4n) is 1.08. The van der Waals surface area contributed by atoms with Gasteiger partial charge in [-0.2, -0.15) is 0 Å². The van der Waals surface area contributed by atoms with Crippen LogP contribution in [0.1, 0.15) is 5.69 Å². The van der Waals surface area contributed by atoms with Crippen LogP contribution < -0.4 is 0 Å². The lowest BCUT2D eigenvalue weighted by atomic mass is 10.4. The molecule has 0 atom stereocenters. The maximum absolute atomic E-state index is 10.2. The van der Waals surface area contributed by atoms with E-state index in [9.17, 15) is 4.79 Å². The van der Waals surface area contributed by atoms with Gasteiger partial charge in [0.25, 0.3) is 0 Å². The summed E-state index contributed by atoms with van der Waals surface area (Å²) in [7, 11) is 0. The minimum absolute atomic E-state index is 0.527. The molecule has 0 aromatic carbocycles. The van der Waals surface area contributed by atoms with Crippen molar-refractivity contribution in [2.24, 2.45) is 0 Å². The molecule has 14 heavy (non-hydrogen) atoms. The monoisotopic (exact) mass is 189 g/mol. The fraction of sp³-hybridized carbons (Fsp3) is 0. The van der Waals surface area contributed by atoms with Gasteiger partial charge in [0.1, 0.15) is 5.52 Å². The SMILES string of the molecule is O=C(O)C=Cc1cnc2[nH]ccc2n1. The first-order valence-electron chi connectivity index (χ1n) is 3.97. The number of aromatic amines is 1. The van der Waals surface area contributed by atoms with E-state index in [1.807, 2.05) is 0 Å². The number of nitrogens with one attached hydrogen (secondary N) is 1. The molecule has 0 unspecified atom stereocenters. The molecule has 0 bridgehead atoms. The Labute approximate surface area is 79.1 Å². The smallest absolute Gasteiger partial charge is 0.328 e. The molecular formula is C9H7N3O2. The molecule has 0 spiro atoms. The highest BCUT2D eigenvalue weighted by atomic mass is 16.4. The second-order valence-corrected chi connectivity index (χ2v) is 2.68. The molecule has 70 valence electrons. The van der Waals surface area contributed by atoms with Crippen LogP contribution in [0, 0.1) is 0 Å². The number of carbonyl (C=O) groups is 1. The van der Waals surface area contributed by atoms with Crippen LogP contribution in [0.2, 0.25) is 0 Å².